The summed E-state index contributed by atoms with van der Waals surface area (Å²) in [6.07, 6.45) is 5.51. The van der Waals surface area contributed by atoms with Crippen LogP contribution in [0.15, 0.2) is 18.5 Å². The Hall–Kier alpha value is -2.12. The Bertz CT molecular complexity index is 757. The second-order valence-electron chi connectivity index (χ2n) is 6.14. The van der Waals surface area contributed by atoms with E-state index in [-0.39, 0.29) is 5.97 Å². The maximum Gasteiger partial charge on any atom is 0.305 e. The Morgan fingerprint density at radius 2 is 1.75 bits per heavy atom. The largest absolute Gasteiger partial charge is 0.490 e. The minimum absolute atomic E-state index is 0.133. The number of unbranched alkanes of at least 4 members (excludes halogenated alkanes) is 3. The molecule has 8 heteroatoms. The van der Waals surface area contributed by atoms with Gasteiger partial charge in [0.25, 0.3) is 0 Å². The minimum atomic E-state index is -0.133. The van der Waals surface area contributed by atoms with Crippen LogP contribution < -0.4 is 9.47 Å². The molecule has 154 valence electrons. The molecular formula is C20H27ClN2O5. The first kappa shape index (κ1) is 22.2. The Morgan fingerprint density at radius 3 is 2.54 bits per heavy atom. The molecular weight excluding hydrogens is 384 g/mol. The third-order valence-corrected chi connectivity index (χ3v) is 4.34. The van der Waals surface area contributed by atoms with Gasteiger partial charge < -0.3 is 18.9 Å². The summed E-state index contributed by atoms with van der Waals surface area (Å²) in [5, 5.41) is 1.09. The molecule has 2 aromatic rings. The minimum Gasteiger partial charge on any atom is -0.490 e. The standard InChI is InChI=1S/C20H27ClN2O5/c1-3-26-19(24)8-6-4-5-7-9-27-17-12-15-16(22-14-23-20(15)21)13-18(17)28-11-10-25-2/h12-14H,3-11H2,1-2H3. The average molecular weight is 411 g/mol. The van der Waals surface area contributed by atoms with Crippen molar-refractivity contribution in [3.63, 3.8) is 0 Å². The quantitative estimate of drug-likeness (QED) is 0.278. The maximum atomic E-state index is 11.3. The second kappa shape index (κ2) is 12.4. The van der Waals surface area contributed by atoms with E-state index in [0.717, 1.165) is 25.7 Å². The highest BCUT2D eigenvalue weighted by atomic mass is 35.5. The zero-order valence-corrected chi connectivity index (χ0v) is 17.2. The van der Waals surface area contributed by atoms with Crippen molar-refractivity contribution in [2.45, 2.75) is 39.0 Å². The summed E-state index contributed by atoms with van der Waals surface area (Å²) in [7, 11) is 1.62. The molecule has 2 rings (SSSR count). The van der Waals surface area contributed by atoms with Gasteiger partial charge in [0.2, 0.25) is 0 Å². The molecule has 1 heterocycles. The molecule has 1 aromatic heterocycles. The van der Waals surface area contributed by atoms with Crippen molar-refractivity contribution < 1.29 is 23.7 Å². The predicted octanol–water partition coefficient (Wildman–Crippen LogP) is 4.20. The molecule has 1 aromatic carbocycles. The van der Waals surface area contributed by atoms with Crippen molar-refractivity contribution in [1.82, 2.24) is 9.97 Å². The van der Waals surface area contributed by atoms with E-state index in [1.807, 2.05) is 6.92 Å². The number of halogens is 1. The molecule has 0 N–H and O–H groups in total. The lowest BCUT2D eigenvalue weighted by Gasteiger charge is -2.14. The first-order valence-electron chi connectivity index (χ1n) is 9.50. The summed E-state index contributed by atoms with van der Waals surface area (Å²) in [6, 6.07) is 3.60. The number of hydrogen-bond donors (Lipinski definition) is 0. The van der Waals surface area contributed by atoms with E-state index in [1.165, 1.54) is 6.33 Å². The van der Waals surface area contributed by atoms with Crippen LogP contribution >= 0.6 is 11.6 Å². The van der Waals surface area contributed by atoms with Gasteiger partial charge in [-0.3, -0.25) is 4.79 Å². The number of aromatic nitrogens is 2. The molecule has 28 heavy (non-hydrogen) atoms. The number of nitrogens with zero attached hydrogens (tertiary/aromatic N) is 2. The van der Waals surface area contributed by atoms with E-state index in [0.29, 0.717) is 60.4 Å². The molecule has 0 radical (unpaired) electrons. The van der Waals surface area contributed by atoms with E-state index >= 15 is 0 Å². The highest BCUT2D eigenvalue weighted by molar-refractivity contribution is 6.34. The van der Waals surface area contributed by atoms with E-state index in [2.05, 4.69) is 9.97 Å². The van der Waals surface area contributed by atoms with Crippen molar-refractivity contribution in [3.05, 3.63) is 23.6 Å². The molecule has 0 aliphatic heterocycles. The third-order valence-electron chi connectivity index (χ3n) is 4.04. The van der Waals surface area contributed by atoms with Crippen molar-refractivity contribution >= 4 is 28.5 Å². The molecule has 0 aliphatic rings. The van der Waals surface area contributed by atoms with Crippen molar-refractivity contribution in [3.8, 4) is 11.5 Å². The number of fused-ring (bicyclic) bond motifs is 1. The van der Waals surface area contributed by atoms with Crippen LogP contribution in [0.25, 0.3) is 10.9 Å². The first-order valence-corrected chi connectivity index (χ1v) is 9.88. The lowest BCUT2D eigenvalue weighted by Crippen LogP contribution is -2.07. The summed E-state index contributed by atoms with van der Waals surface area (Å²) in [6.45, 7) is 3.67. The number of rotatable bonds is 13. The normalized spacial score (nSPS) is 10.8. The summed E-state index contributed by atoms with van der Waals surface area (Å²) >= 11 is 6.17. The fourth-order valence-corrected chi connectivity index (χ4v) is 2.83. The number of ether oxygens (including phenoxy) is 4. The highest BCUT2D eigenvalue weighted by Gasteiger charge is 2.11. The van der Waals surface area contributed by atoms with Crippen LogP contribution in [0.1, 0.15) is 39.0 Å². The first-order chi connectivity index (χ1) is 13.7. The molecule has 0 unspecified atom stereocenters. The molecule has 7 nitrogen and oxygen atoms in total. The Morgan fingerprint density at radius 1 is 1.00 bits per heavy atom. The van der Waals surface area contributed by atoms with Crippen LogP contribution in [0.2, 0.25) is 5.15 Å². The van der Waals surface area contributed by atoms with Crippen LogP contribution in [0.5, 0.6) is 11.5 Å². The van der Waals surface area contributed by atoms with Crippen LogP contribution in [-0.2, 0) is 14.3 Å². The average Bonchev–Trinajstić information content (AvgIpc) is 2.68. The monoisotopic (exact) mass is 410 g/mol. The van der Waals surface area contributed by atoms with Gasteiger partial charge in [0.05, 0.1) is 25.3 Å². The Balaban J connectivity index is 1.88. The van der Waals surface area contributed by atoms with Gasteiger partial charge >= 0.3 is 5.97 Å². The number of carbonyl (C=O) groups excluding carboxylic acids is 1. The van der Waals surface area contributed by atoms with E-state index in [4.69, 9.17) is 30.5 Å². The molecule has 0 fully saturated rings. The van der Waals surface area contributed by atoms with Crippen molar-refractivity contribution in [1.29, 1.82) is 0 Å². The summed E-state index contributed by atoms with van der Waals surface area (Å²) < 4.78 is 21.6. The van der Waals surface area contributed by atoms with Gasteiger partial charge in [-0.1, -0.05) is 24.4 Å². The number of methoxy groups -OCH3 is 1. The Labute approximate surface area is 170 Å². The Kier molecular flexibility index (Phi) is 9.79. The fraction of sp³-hybridized carbons (Fsp3) is 0.550. The smallest absolute Gasteiger partial charge is 0.305 e. The van der Waals surface area contributed by atoms with Crippen LogP contribution in [0, 0.1) is 0 Å². The lowest BCUT2D eigenvalue weighted by atomic mass is 10.1. The van der Waals surface area contributed by atoms with Crippen LogP contribution in [-0.4, -0.2) is 49.5 Å². The zero-order valence-electron chi connectivity index (χ0n) is 16.4. The molecule has 0 atom stereocenters. The fourth-order valence-electron chi connectivity index (χ4n) is 2.63. The lowest BCUT2D eigenvalue weighted by molar-refractivity contribution is -0.143. The highest BCUT2D eigenvalue weighted by Crippen LogP contribution is 2.34. The van der Waals surface area contributed by atoms with E-state index < -0.39 is 0 Å². The summed E-state index contributed by atoms with van der Waals surface area (Å²) in [4.78, 5) is 19.5. The maximum absolute atomic E-state index is 11.3. The van der Waals surface area contributed by atoms with Crippen LogP contribution in [0.3, 0.4) is 0 Å². The number of hydrogen-bond acceptors (Lipinski definition) is 7. The van der Waals surface area contributed by atoms with Gasteiger partial charge in [-0.15, -0.1) is 0 Å². The SMILES string of the molecule is CCOC(=O)CCCCCCOc1cc2c(Cl)ncnc2cc1OCCOC. The van der Waals surface area contributed by atoms with E-state index in [9.17, 15) is 4.79 Å². The third kappa shape index (κ3) is 7.13. The second-order valence-corrected chi connectivity index (χ2v) is 6.50. The number of benzene rings is 1. The molecule has 0 saturated carbocycles. The molecule has 0 bridgehead atoms. The molecule has 0 saturated heterocycles. The van der Waals surface area contributed by atoms with Gasteiger partial charge in [0.15, 0.2) is 11.5 Å². The zero-order chi connectivity index (χ0) is 20.2. The molecule has 0 spiro atoms. The predicted molar refractivity (Wildman–Crippen MR) is 107 cm³/mol. The van der Waals surface area contributed by atoms with Crippen molar-refractivity contribution in [2.24, 2.45) is 0 Å². The molecule has 0 aliphatic carbocycles. The number of esters is 1. The summed E-state index contributed by atoms with van der Waals surface area (Å²) in [5.41, 5.74) is 0.693. The van der Waals surface area contributed by atoms with E-state index in [1.54, 1.807) is 19.2 Å². The summed E-state index contributed by atoms with van der Waals surface area (Å²) in [5.74, 6) is 1.07. The van der Waals surface area contributed by atoms with Crippen LogP contribution in [0.4, 0.5) is 0 Å². The van der Waals surface area contributed by atoms with Gasteiger partial charge in [-0.2, -0.15) is 0 Å². The van der Waals surface area contributed by atoms with Gasteiger partial charge in [0.1, 0.15) is 18.1 Å². The topological polar surface area (TPSA) is 79.8 Å². The van der Waals surface area contributed by atoms with Gasteiger partial charge in [-0.25, -0.2) is 9.97 Å². The number of carbonyl (C=O) groups is 1. The van der Waals surface area contributed by atoms with Gasteiger partial charge in [0, 0.05) is 25.0 Å². The van der Waals surface area contributed by atoms with Crippen molar-refractivity contribution in [2.75, 3.05) is 33.5 Å². The van der Waals surface area contributed by atoms with Gasteiger partial charge in [-0.05, 0) is 25.8 Å². The molecule has 0 amide bonds.